The maximum atomic E-state index is 5.29. The van der Waals surface area contributed by atoms with Crippen LogP contribution in [0.3, 0.4) is 0 Å². The molecule has 0 saturated heterocycles. The number of aryl methyl sites for hydroxylation is 1. The van der Waals surface area contributed by atoms with Crippen LogP contribution in [0, 0.1) is 0 Å². The summed E-state index contributed by atoms with van der Waals surface area (Å²) in [5, 5.41) is 4.13. The smallest absolute Gasteiger partial charge is 0.126 e. The van der Waals surface area contributed by atoms with E-state index in [4.69, 9.17) is 4.74 Å². The standard InChI is InChI=1S/C11H12N2OS/c1-13-7-8(6-12-13)10-5-9(15)3-4-11(10)14-2/h3-7,15H,1-2H3. The molecule has 4 heteroatoms. The monoisotopic (exact) mass is 220 g/mol. The Morgan fingerprint density at radius 1 is 1.40 bits per heavy atom. The Bertz CT molecular complexity index is 479. The zero-order valence-corrected chi connectivity index (χ0v) is 9.53. The molecular formula is C11H12N2OS. The summed E-state index contributed by atoms with van der Waals surface area (Å²) >= 11 is 4.31. The van der Waals surface area contributed by atoms with E-state index < -0.39 is 0 Å². The normalized spacial score (nSPS) is 10.3. The molecule has 1 heterocycles. The molecule has 0 fully saturated rings. The Kier molecular flexibility index (Phi) is 2.68. The minimum Gasteiger partial charge on any atom is -0.496 e. The van der Waals surface area contributed by atoms with Crippen LogP contribution in [-0.2, 0) is 7.05 Å². The van der Waals surface area contributed by atoms with Crippen LogP contribution >= 0.6 is 12.6 Å². The summed E-state index contributed by atoms with van der Waals surface area (Å²) in [7, 11) is 3.55. The van der Waals surface area contributed by atoms with Crippen LogP contribution in [0.1, 0.15) is 0 Å². The maximum absolute atomic E-state index is 5.29. The van der Waals surface area contributed by atoms with Gasteiger partial charge in [0.1, 0.15) is 5.75 Å². The Balaban J connectivity index is 2.55. The van der Waals surface area contributed by atoms with Crippen LogP contribution in [0.25, 0.3) is 11.1 Å². The van der Waals surface area contributed by atoms with Gasteiger partial charge in [0.25, 0.3) is 0 Å². The van der Waals surface area contributed by atoms with Gasteiger partial charge >= 0.3 is 0 Å². The second kappa shape index (κ2) is 3.98. The summed E-state index contributed by atoms with van der Waals surface area (Å²) in [6.07, 6.45) is 3.76. The van der Waals surface area contributed by atoms with Gasteiger partial charge in [-0.2, -0.15) is 5.10 Å². The van der Waals surface area contributed by atoms with Crippen molar-refractivity contribution in [2.45, 2.75) is 4.90 Å². The predicted octanol–water partition coefficient (Wildman–Crippen LogP) is 2.38. The number of ether oxygens (including phenoxy) is 1. The van der Waals surface area contributed by atoms with Crippen molar-refractivity contribution in [3.63, 3.8) is 0 Å². The summed E-state index contributed by atoms with van der Waals surface area (Å²) in [6, 6.07) is 5.78. The molecule has 0 aliphatic rings. The molecule has 0 N–H and O–H groups in total. The molecule has 0 aliphatic carbocycles. The molecule has 15 heavy (non-hydrogen) atoms. The summed E-state index contributed by atoms with van der Waals surface area (Å²) in [6.45, 7) is 0. The number of thiol groups is 1. The molecule has 3 nitrogen and oxygen atoms in total. The quantitative estimate of drug-likeness (QED) is 0.787. The van der Waals surface area contributed by atoms with E-state index in [1.54, 1.807) is 11.8 Å². The van der Waals surface area contributed by atoms with Gasteiger partial charge in [0.2, 0.25) is 0 Å². The zero-order chi connectivity index (χ0) is 10.8. The first-order valence-corrected chi connectivity index (χ1v) is 5.01. The van der Waals surface area contributed by atoms with Gasteiger partial charge in [0, 0.05) is 29.3 Å². The Morgan fingerprint density at radius 3 is 2.80 bits per heavy atom. The first-order valence-electron chi connectivity index (χ1n) is 4.56. The molecule has 1 aromatic carbocycles. The van der Waals surface area contributed by atoms with Gasteiger partial charge in [-0.3, -0.25) is 4.68 Å². The lowest BCUT2D eigenvalue weighted by Crippen LogP contribution is -1.87. The van der Waals surface area contributed by atoms with Crippen LogP contribution in [0.5, 0.6) is 5.75 Å². The molecule has 2 rings (SSSR count). The van der Waals surface area contributed by atoms with Crippen LogP contribution in [0.2, 0.25) is 0 Å². The van der Waals surface area contributed by atoms with Crippen LogP contribution < -0.4 is 4.74 Å². The number of methoxy groups -OCH3 is 1. The Labute approximate surface area is 94.1 Å². The minimum atomic E-state index is 0.834. The number of nitrogens with zero attached hydrogens (tertiary/aromatic N) is 2. The average Bonchev–Trinajstić information content (AvgIpc) is 2.65. The van der Waals surface area contributed by atoms with Gasteiger partial charge < -0.3 is 4.74 Å². The summed E-state index contributed by atoms with van der Waals surface area (Å²) in [5.41, 5.74) is 2.04. The van der Waals surface area contributed by atoms with Gasteiger partial charge in [-0.05, 0) is 18.2 Å². The average molecular weight is 220 g/mol. The third kappa shape index (κ3) is 1.99. The molecule has 0 saturated carbocycles. The highest BCUT2D eigenvalue weighted by molar-refractivity contribution is 7.80. The molecule has 2 aromatic rings. The van der Waals surface area contributed by atoms with Crippen molar-refractivity contribution < 1.29 is 4.74 Å². The number of hydrogen-bond acceptors (Lipinski definition) is 3. The maximum Gasteiger partial charge on any atom is 0.126 e. The second-order valence-electron chi connectivity index (χ2n) is 3.29. The molecule has 0 bridgehead atoms. The van der Waals surface area contributed by atoms with E-state index in [9.17, 15) is 0 Å². The number of hydrogen-bond donors (Lipinski definition) is 1. The topological polar surface area (TPSA) is 27.1 Å². The minimum absolute atomic E-state index is 0.834. The van der Waals surface area contributed by atoms with Gasteiger partial charge in [-0.25, -0.2) is 0 Å². The van der Waals surface area contributed by atoms with Crippen molar-refractivity contribution in [1.82, 2.24) is 9.78 Å². The lowest BCUT2D eigenvalue weighted by atomic mass is 10.1. The van der Waals surface area contributed by atoms with Crippen molar-refractivity contribution in [3.8, 4) is 16.9 Å². The van der Waals surface area contributed by atoms with Crippen LogP contribution in [0.15, 0.2) is 35.5 Å². The van der Waals surface area contributed by atoms with Crippen molar-refractivity contribution >= 4 is 12.6 Å². The Morgan fingerprint density at radius 2 is 2.20 bits per heavy atom. The number of aromatic nitrogens is 2. The van der Waals surface area contributed by atoms with Crippen molar-refractivity contribution in [1.29, 1.82) is 0 Å². The molecule has 1 aromatic heterocycles. The van der Waals surface area contributed by atoms with E-state index in [2.05, 4.69) is 17.7 Å². The first-order chi connectivity index (χ1) is 7.20. The highest BCUT2D eigenvalue weighted by Crippen LogP contribution is 2.31. The molecule has 0 atom stereocenters. The first kappa shape index (κ1) is 10.1. The third-order valence-electron chi connectivity index (χ3n) is 2.20. The van der Waals surface area contributed by atoms with E-state index in [0.717, 1.165) is 21.8 Å². The third-order valence-corrected chi connectivity index (χ3v) is 2.48. The van der Waals surface area contributed by atoms with Crippen LogP contribution in [0.4, 0.5) is 0 Å². The van der Waals surface area contributed by atoms with Gasteiger partial charge in [-0.1, -0.05) is 0 Å². The lowest BCUT2D eigenvalue weighted by Gasteiger charge is -2.06. The number of rotatable bonds is 2. The SMILES string of the molecule is COc1ccc(S)cc1-c1cnn(C)c1. The fourth-order valence-corrected chi connectivity index (χ4v) is 1.69. The van der Waals surface area contributed by atoms with Crippen molar-refractivity contribution in [3.05, 3.63) is 30.6 Å². The molecular weight excluding hydrogens is 208 g/mol. The van der Waals surface area contributed by atoms with E-state index in [-0.39, 0.29) is 0 Å². The molecule has 0 amide bonds. The van der Waals surface area contributed by atoms with Gasteiger partial charge in [0.15, 0.2) is 0 Å². The summed E-state index contributed by atoms with van der Waals surface area (Å²) in [4.78, 5) is 0.912. The Hall–Kier alpha value is -1.42. The summed E-state index contributed by atoms with van der Waals surface area (Å²) < 4.78 is 7.06. The van der Waals surface area contributed by atoms with E-state index >= 15 is 0 Å². The molecule has 0 spiro atoms. The van der Waals surface area contributed by atoms with E-state index in [0.29, 0.717) is 0 Å². The lowest BCUT2D eigenvalue weighted by molar-refractivity contribution is 0.416. The van der Waals surface area contributed by atoms with E-state index in [1.807, 2.05) is 37.6 Å². The van der Waals surface area contributed by atoms with Gasteiger partial charge in [0.05, 0.1) is 13.3 Å². The molecule has 0 radical (unpaired) electrons. The largest absolute Gasteiger partial charge is 0.496 e. The molecule has 0 unspecified atom stereocenters. The highest BCUT2D eigenvalue weighted by atomic mass is 32.1. The fourth-order valence-electron chi connectivity index (χ4n) is 1.48. The predicted molar refractivity (Wildman–Crippen MR) is 62.4 cm³/mol. The molecule has 0 aliphatic heterocycles. The van der Waals surface area contributed by atoms with Crippen molar-refractivity contribution in [2.24, 2.45) is 7.05 Å². The molecule has 78 valence electrons. The van der Waals surface area contributed by atoms with Crippen LogP contribution in [-0.4, -0.2) is 16.9 Å². The second-order valence-corrected chi connectivity index (χ2v) is 3.80. The number of benzene rings is 1. The fraction of sp³-hybridized carbons (Fsp3) is 0.182. The van der Waals surface area contributed by atoms with E-state index in [1.165, 1.54) is 0 Å². The zero-order valence-electron chi connectivity index (χ0n) is 8.64. The van der Waals surface area contributed by atoms with Crippen molar-refractivity contribution in [2.75, 3.05) is 7.11 Å². The highest BCUT2D eigenvalue weighted by Gasteiger charge is 2.07. The van der Waals surface area contributed by atoms with Gasteiger partial charge in [-0.15, -0.1) is 12.6 Å². The summed E-state index contributed by atoms with van der Waals surface area (Å²) in [5.74, 6) is 0.834.